The maximum atomic E-state index is 8.64. The van der Waals surface area contributed by atoms with Gasteiger partial charge in [0.1, 0.15) is 12.2 Å². The van der Waals surface area contributed by atoms with E-state index in [1.54, 1.807) is 6.08 Å². The molecule has 0 heterocycles. The summed E-state index contributed by atoms with van der Waals surface area (Å²) < 4.78 is 0. The van der Waals surface area contributed by atoms with Gasteiger partial charge in [0.25, 0.3) is 0 Å². The fourth-order valence-electron chi connectivity index (χ4n) is 1.74. The maximum Gasteiger partial charge on any atom is 0.134 e. The molecule has 0 amide bonds. The van der Waals surface area contributed by atoms with Gasteiger partial charge in [0, 0.05) is 5.56 Å². The third kappa shape index (κ3) is 3.50. The third-order valence-corrected chi connectivity index (χ3v) is 2.54. The Morgan fingerprint density at radius 2 is 2.00 bits per heavy atom. The smallest absolute Gasteiger partial charge is 0.134 e. The van der Waals surface area contributed by atoms with Crippen LogP contribution in [0.15, 0.2) is 30.4 Å². The molecule has 1 aromatic carbocycles. The van der Waals surface area contributed by atoms with Crippen LogP contribution in [-0.4, -0.2) is 25.3 Å². The third-order valence-electron chi connectivity index (χ3n) is 2.54. The first-order chi connectivity index (χ1) is 7.15. The van der Waals surface area contributed by atoms with Crippen molar-refractivity contribution in [3.05, 3.63) is 41.5 Å². The fourth-order valence-corrected chi connectivity index (χ4v) is 1.74. The van der Waals surface area contributed by atoms with E-state index in [1.807, 2.05) is 6.08 Å². The molecule has 0 aromatic heterocycles. The highest BCUT2D eigenvalue weighted by Crippen LogP contribution is 2.11. The number of likely N-dealkylation sites (N-methyl/N-ethyl adjacent to an activating group) is 1. The number of hydrogen-bond donors (Lipinski definition) is 2. The lowest BCUT2D eigenvalue weighted by Gasteiger charge is -2.14. The Morgan fingerprint density at radius 1 is 1.27 bits per heavy atom. The quantitative estimate of drug-likeness (QED) is 0.706. The molecule has 2 heteroatoms. The van der Waals surface area contributed by atoms with E-state index in [9.17, 15) is 0 Å². The largest absolute Gasteiger partial charge is 0.392 e. The second kappa shape index (κ2) is 5.69. The Bertz CT molecular complexity index is 344. The second-order valence-corrected chi connectivity index (χ2v) is 3.96. The highest BCUT2D eigenvalue weighted by Gasteiger charge is 2.07. The number of quaternary nitrogens is 1. The van der Waals surface area contributed by atoms with Gasteiger partial charge in [-0.2, -0.15) is 0 Å². The lowest BCUT2D eigenvalue weighted by atomic mass is 10.1. The van der Waals surface area contributed by atoms with Gasteiger partial charge in [-0.05, 0) is 26.0 Å². The Hall–Kier alpha value is -1.12. The molecule has 15 heavy (non-hydrogen) atoms. The zero-order chi connectivity index (χ0) is 11.3. The van der Waals surface area contributed by atoms with Crippen molar-refractivity contribution in [2.45, 2.75) is 13.8 Å². The molecule has 0 saturated heterocycles. The summed E-state index contributed by atoms with van der Waals surface area (Å²) in [7, 11) is 2.14. The summed E-state index contributed by atoms with van der Waals surface area (Å²) in [6.07, 6.45) is 3.79. The van der Waals surface area contributed by atoms with Crippen molar-refractivity contribution < 1.29 is 10.0 Å². The van der Waals surface area contributed by atoms with Crippen LogP contribution in [0.5, 0.6) is 0 Å². The van der Waals surface area contributed by atoms with Crippen molar-refractivity contribution in [2.75, 3.05) is 20.2 Å². The molecule has 0 aliphatic carbocycles. The number of aliphatic hydroxyl groups excluding tert-OH is 1. The van der Waals surface area contributed by atoms with E-state index < -0.39 is 0 Å². The van der Waals surface area contributed by atoms with Crippen LogP contribution in [0.25, 0.3) is 0 Å². The second-order valence-electron chi connectivity index (χ2n) is 3.96. The van der Waals surface area contributed by atoms with E-state index in [0.29, 0.717) is 0 Å². The lowest BCUT2D eigenvalue weighted by molar-refractivity contribution is -0.803. The van der Waals surface area contributed by atoms with Crippen LogP contribution in [0.2, 0.25) is 0 Å². The first-order valence-electron chi connectivity index (χ1n) is 5.31. The number of nitrogens with one attached hydrogen (secondary N) is 1. The maximum absolute atomic E-state index is 8.64. The molecule has 1 rings (SSSR count). The zero-order valence-electron chi connectivity index (χ0n) is 9.75. The first kappa shape index (κ1) is 12.0. The first-order valence-corrected chi connectivity index (χ1v) is 5.31. The van der Waals surface area contributed by atoms with Gasteiger partial charge in [-0.25, -0.2) is 0 Å². The van der Waals surface area contributed by atoms with Crippen molar-refractivity contribution in [3.63, 3.8) is 0 Å². The van der Waals surface area contributed by atoms with E-state index in [0.717, 1.165) is 6.54 Å². The lowest BCUT2D eigenvalue weighted by Crippen LogP contribution is -3.03. The van der Waals surface area contributed by atoms with E-state index in [2.05, 4.69) is 39.1 Å². The molecule has 2 N–H and O–H groups in total. The summed E-state index contributed by atoms with van der Waals surface area (Å²) >= 11 is 0. The number of aryl methyl sites for hydroxylation is 2. The number of aliphatic hydroxyl groups is 1. The van der Waals surface area contributed by atoms with Crippen LogP contribution in [0.4, 0.5) is 5.69 Å². The number of benzene rings is 1. The van der Waals surface area contributed by atoms with Crippen LogP contribution in [0.3, 0.4) is 0 Å². The topological polar surface area (TPSA) is 24.7 Å². The van der Waals surface area contributed by atoms with Crippen molar-refractivity contribution in [2.24, 2.45) is 0 Å². The summed E-state index contributed by atoms with van der Waals surface area (Å²) in [5.74, 6) is 0. The molecule has 1 aromatic rings. The zero-order valence-corrected chi connectivity index (χ0v) is 9.75. The molecule has 1 atom stereocenters. The van der Waals surface area contributed by atoms with Gasteiger partial charge < -0.3 is 10.0 Å². The van der Waals surface area contributed by atoms with Crippen molar-refractivity contribution >= 4 is 5.69 Å². The Balaban J connectivity index is 2.73. The summed E-state index contributed by atoms with van der Waals surface area (Å²) in [5, 5.41) is 8.64. The molecule has 0 radical (unpaired) electrons. The molecular weight excluding hydrogens is 186 g/mol. The van der Waals surface area contributed by atoms with Crippen LogP contribution in [0.1, 0.15) is 11.1 Å². The number of hydrogen-bond acceptors (Lipinski definition) is 1. The molecule has 0 saturated carbocycles. The minimum Gasteiger partial charge on any atom is -0.392 e. The Labute approximate surface area is 91.9 Å². The highest BCUT2D eigenvalue weighted by atomic mass is 16.2. The minimum atomic E-state index is 0.125. The molecule has 0 aliphatic rings. The molecule has 1 unspecified atom stereocenters. The van der Waals surface area contributed by atoms with E-state index in [4.69, 9.17) is 5.11 Å². The normalized spacial score (nSPS) is 13.3. The van der Waals surface area contributed by atoms with Crippen molar-refractivity contribution in [1.29, 1.82) is 0 Å². The van der Waals surface area contributed by atoms with Crippen LogP contribution in [0, 0.1) is 13.8 Å². The Kier molecular flexibility index (Phi) is 4.53. The van der Waals surface area contributed by atoms with Crippen LogP contribution in [-0.2, 0) is 0 Å². The van der Waals surface area contributed by atoms with Gasteiger partial charge in [0.15, 0.2) is 0 Å². The molecular formula is C13H20NO+. The van der Waals surface area contributed by atoms with Gasteiger partial charge in [0.05, 0.1) is 13.7 Å². The average molecular weight is 206 g/mol. The molecule has 0 aliphatic heterocycles. The van der Waals surface area contributed by atoms with Crippen molar-refractivity contribution in [3.8, 4) is 0 Å². The molecule has 2 nitrogen and oxygen atoms in total. The molecule has 0 fully saturated rings. The van der Waals surface area contributed by atoms with Crippen molar-refractivity contribution in [1.82, 2.24) is 0 Å². The predicted molar refractivity (Wildman–Crippen MR) is 63.6 cm³/mol. The average Bonchev–Trinajstić information content (AvgIpc) is 2.17. The molecule has 82 valence electrons. The predicted octanol–water partition coefficient (Wildman–Crippen LogP) is 0.998. The number of rotatable bonds is 4. The Morgan fingerprint density at radius 3 is 2.60 bits per heavy atom. The van der Waals surface area contributed by atoms with Gasteiger partial charge in [0.2, 0.25) is 0 Å². The molecule has 0 spiro atoms. The van der Waals surface area contributed by atoms with E-state index >= 15 is 0 Å². The van der Waals surface area contributed by atoms with E-state index in [1.165, 1.54) is 21.7 Å². The SMILES string of the molecule is Cc1ccc([NH+](C)C/C=C/CO)c(C)c1. The van der Waals surface area contributed by atoms with E-state index in [-0.39, 0.29) is 6.61 Å². The van der Waals surface area contributed by atoms with Crippen LogP contribution >= 0.6 is 0 Å². The van der Waals surface area contributed by atoms with Gasteiger partial charge in [-0.15, -0.1) is 0 Å². The summed E-state index contributed by atoms with van der Waals surface area (Å²) in [6.45, 7) is 5.28. The van der Waals surface area contributed by atoms with Crippen LogP contribution < -0.4 is 4.90 Å². The summed E-state index contributed by atoms with van der Waals surface area (Å²) in [4.78, 5) is 1.34. The summed E-state index contributed by atoms with van der Waals surface area (Å²) in [6, 6.07) is 6.52. The van der Waals surface area contributed by atoms with Gasteiger partial charge >= 0.3 is 0 Å². The standard InChI is InChI=1S/C13H19NO/c1-11-6-7-13(12(2)10-11)14(3)8-4-5-9-15/h4-7,10,15H,8-9H2,1-3H3/p+1/b5-4+. The minimum absolute atomic E-state index is 0.125. The van der Waals surface area contributed by atoms with Gasteiger partial charge in [-0.3, -0.25) is 0 Å². The highest BCUT2D eigenvalue weighted by molar-refractivity contribution is 5.41. The van der Waals surface area contributed by atoms with Gasteiger partial charge in [-0.1, -0.05) is 23.8 Å². The summed E-state index contributed by atoms with van der Waals surface area (Å²) in [5.41, 5.74) is 3.95. The fraction of sp³-hybridized carbons (Fsp3) is 0.385. The molecule has 0 bridgehead atoms. The monoisotopic (exact) mass is 206 g/mol.